The van der Waals surface area contributed by atoms with Crippen molar-refractivity contribution in [2.45, 2.75) is 25.4 Å². The molecule has 1 aliphatic heterocycles. The van der Waals surface area contributed by atoms with Crippen molar-refractivity contribution < 1.29 is 8.42 Å². The Labute approximate surface area is 124 Å². The van der Waals surface area contributed by atoms with Gasteiger partial charge in [0.1, 0.15) is 5.65 Å². The zero-order chi connectivity index (χ0) is 14.9. The Kier molecular flexibility index (Phi) is 3.97. The van der Waals surface area contributed by atoms with Crippen molar-refractivity contribution in [2.75, 3.05) is 19.3 Å². The molecule has 0 amide bonds. The van der Waals surface area contributed by atoms with Gasteiger partial charge < -0.3 is 4.40 Å². The van der Waals surface area contributed by atoms with E-state index < -0.39 is 10.0 Å². The number of nitrogens with one attached hydrogen (secondary N) is 1. The maximum atomic E-state index is 11.2. The molecule has 2 aromatic rings. The van der Waals surface area contributed by atoms with E-state index in [-0.39, 0.29) is 6.04 Å². The van der Waals surface area contributed by atoms with Gasteiger partial charge in [0, 0.05) is 38.1 Å². The molecule has 1 saturated heterocycles. The normalized spacial score (nSPS) is 18.3. The SMILES string of the molecule is CS(=O)(=O)NC1CCN(Cc2cn3ccccc3n2)CC1. The lowest BCUT2D eigenvalue weighted by Gasteiger charge is -2.31. The fourth-order valence-corrected chi connectivity index (χ4v) is 3.65. The minimum atomic E-state index is -3.10. The molecule has 6 nitrogen and oxygen atoms in total. The molecule has 1 fully saturated rings. The third-order valence-corrected chi connectivity index (χ3v) is 4.53. The summed E-state index contributed by atoms with van der Waals surface area (Å²) in [5, 5.41) is 0. The van der Waals surface area contributed by atoms with Crippen molar-refractivity contribution in [3.05, 3.63) is 36.3 Å². The summed E-state index contributed by atoms with van der Waals surface area (Å²) in [5.41, 5.74) is 2.01. The summed E-state index contributed by atoms with van der Waals surface area (Å²) in [6.07, 6.45) is 6.96. The first kappa shape index (κ1) is 14.5. The predicted molar refractivity (Wildman–Crippen MR) is 81.5 cm³/mol. The van der Waals surface area contributed by atoms with Crippen molar-refractivity contribution in [1.82, 2.24) is 19.0 Å². The van der Waals surface area contributed by atoms with Gasteiger partial charge in [-0.3, -0.25) is 4.90 Å². The standard InChI is InChI=1S/C14H20N4O2S/c1-21(19,20)16-12-5-8-17(9-6-12)10-13-11-18-7-3-2-4-14(18)15-13/h2-4,7,11-12,16H,5-6,8-10H2,1H3. The fourth-order valence-electron chi connectivity index (χ4n) is 2.80. The van der Waals surface area contributed by atoms with Crippen LogP contribution in [-0.4, -0.2) is 48.1 Å². The van der Waals surface area contributed by atoms with Crippen LogP contribution >= 0.6 is 0 Å². The molecule has 2 aromatic heterocycles. The summed E-state index contributed by atoms with van der Waals surface area (Å²) in [6.45, 7) is 2.59. The number of fused-ring (bicyclic) bond motifs is 1. The molecule has 114 valence electrons. The fraction of sp³-hybridized carbons (Fsp3) is 0.500. The number of imidazole rings is 1. The van der Waals surface area contributed by atoms with Crippen molar-refractivity contribution in [3.63, 3.8) is 0 Å². The summed E-state index contributed by atoms with van der Waals surface area (Å²) >= 11 is 0. The number of sulfonamides is 1. The van der Waals surface area contributed by atoms with Crippen LogP contribution in [-0.2, 0) is 16.6 Å². The van der Waals surface area contributed by atoms with Crippen LogP contribution in [0.5, 0.6) is 0 Å². The molecular formula is C14H20N4O2S. The lowest BCUT2D eigenvalue weighted by atomic mass is 10.1. The lowest BCUT2D eigenvalue weighted by Crippen LogP contribution is -2.43. The monoisotopic (exact) mass is 308 g/mol. The summed E-state index contributed by atoms with van der Waals surface area (Å²) in [4.78, 5) is 6.92. The second-order valence-corrected chi connectivity index (χ2v) is 7.42. The van der Waals surface area contributed by atoms with Gasteiger partial charge in [-0.05, 0) is 25.0 Å². The van der Waals surface area contributed by atoms with E-state index in [0.29, 0.717) is 0 Å². The largest absolute Gasteiger partial charge is 0.307 e. The van der Waals surface area contributed by atoms with Crippen LogP contribution in [0.25, 0.3) is 5.65 Å². The average molecular weight is 308 g/mol. The summed E-state index contributed by atoms with van der Waals surface area (Å²) in [5.74, 6) is 0. The highest BCUT2D eigenvalue weighted by Crippen LogP contribution is 2.14. The van der Waals surface area contributed by atoms with Crippen molar-refractivity contribution in [3.8, 4) is 0 Å². The Hall–Kier alpha value is -1.44. The molecule has 1 aliphatic rings. The van der Waals surface area contributed by atoms with E-state index >= 15 is 0 Å². The number of pyridine rings is 1. The quantitative estimate of drug-likeness (QED) is 0.909. The first-order valence-corrected chi connectivity index (χ1v) is 9.01. The van der Waals surface area contributed by atoms with Crippen LogP contribution in [0.2, 0.25) is 0 Å². The number of hydrogen-bond donors (Lipinski definition) is 1. The third-order valence-electron chi connectivity index (χ3n) is 3.77. The minimum absolute atomic E-state index is 0.0670. The Morgan fingerprint density at radius 3 is 2.76 bits per heavy atom. The van der Waals surface area contributed by atoms with E-state index in [1.807, 2.05) is 28.8 Å². The molecular weight excluding hydrogens is 288 g/mol. The zero-order valence-electron chi connectivity index (χ0n) is 12.1. The van der Waals surface area contributed by atoms with Gasteiger partial charge in [-0.25, -0.2) is 18.1 Å². The van der Waals surface area contributed by atoms with Gasteiger partial charge in [-0.15, -0.1) is 0 Å². The highest BCUT2D eigenvalue weighted by atomic mass is 32.2. The van der Waals surface area contributed by atoms with E-state index in [1.165, 1.54) is 6.26 Å². The molecule has 0 saturated carbocycles. The third kappa shape index (κ3) is 3.81. The lowest BCUT2D eigenvalue weighted by molar-refractivity contribution is 0.198. The minimum Gasteiger partial charge on any atom is -0.307 e. The highest BCUT2D eigenvalue weighted by Gasteiger charge is 2.22. The number of aromatic nitrogens is 2. The Morgan fingerprint density at radius 2 is 2.10 bits per heavy atom. The van der Waals surface area contributed by atoms with Crippen molar-refractivity contribution in [2.24, 2.45) is 0 Å². The van der Waals surface area contributed by atoms with Gasteiger partial charge in [0.25, 0.3) is 0 Å². The van der Waals surface area contributed by atoms with Crippen LogP contribution in [0, 0.1) is 0 Å². The number of piperidine rings is 1. The van der Waals surface area contributed by atoms with Crippen LogP contribution < -0.4 is 4.72 Å². The second kappa shape index (κ2) is 5.75. The summed E-state index contributed by atoms with van der Waals surface area (Å²) in [6, 6.07) is 6.03. The molecule has 3 heterocycles. The molecule has 7 heteroatoms. The van der Waals surface area contributed by atoms with Crippen molar-refractivity contribution >= 4 is 15.7 Å². The predicted octanol–water partition coefficient (Wildman–Crippen LogP) is 0.848. The Balaban J connectivity index is 1.58. The molecule has 3 rings (SSSR count). The first-order chi connectivity index (χ1) is 9.99. The molecule has 0 aromatic carbocycles. The highest BCUT2D eigenvalue weighted by molar-refractivity contribution is 7.88. The van der Waals surface area contributed by atoms with E-state index in [9.17, 15) is 8.42 Å². The average Bonchev–Trinajstić information content (AvgIpc) is 2.81. The van der Waals surface area contributed by atoms with Crippen LogP contribution in [0.1, 0.15) is 18.5 Å². The Morgan fingerprint density at radius 1 is 1.33 bits per heavy atom. The van der Waals surface area contributed by atoms with Crippen molar-refractivity contribution in [1.29, 1.82) is 0 Å². The van der Waals surface area contributed by atoms with Gasteiger partial charge >= 0.3 is 0 Å². The molecule has 0 radical (unpaired) electrons. The van der Waals surface area contributed by atoms with Crippen LogP contribution in [0.15, 0.2) is 30.6 Å². The molecule has 21 heavy (non-hydrogen) atoms. The molecule has 1 N–H and O–H groups in total. The van der Waals surface area contributed by atoms with E-state index in [1.54, 1.807) is 0 Å². The molecule has 0 bridgehead atoms. The zero-order valence-corrected chi connectivity index (χ0v) is 12.9. The summed E-state index contributed by atoms with van der Waals surface area (Å²) in [7, 11) is -3.10. The molecule has 0 aliphatic carbocycles. The number of nitrogens with zero attached hydrogens (tertiary/aromatic N) is 3. The molecule has 0 spiro atoms. The van der Waals surface area contributed by atoms with Gasteiger partial charge in [0.2, 0.25) is 10.0 Å². The van der Waals surface area contributed by atoms with Gasteiger partial charge in [-0.2, -0.15) is 0 Å². The number of rotatable bonds is 4. The second-order valence-electron chi connectivity index (χ2n) is 5.64. The maximum absolute atomic E-state index is 11.2. The smallest absolute Gasteiger partial charge is 0.208 e. The molecule has 0 unspecified atom stereocenters. The maximum Gasteiger partial charge on any atom is 0.208 e. The number of hydrogen-bond acceptors (Lipinski definition) is 4. The topological polar surface area (TPSA) is 66.7 Å². The van der Waals surface area contributed by atoms with E-state index in [0.717, 1.165) is 43.8 Å². The summed E-state index contributed by atoms with van der Waals surface area (Å²) < 4.78 is 27.2. The Bertz CT molecular complexity index is 684. The van der Waals surface area contributed by atoms with Gasteiger partial charge in [-0.1, -0.05) is 6.07 Å². The van der Waals surface area contributed by atoms with Crippen LogP contribution in [0.3, 0.4) is 0 Å². The van der Waals surface area contributed by atoms with Crippen LogP contribution in [0.4, 0.5) is 0 Å². The first-order valence-electron chi connectivity index (χ1n) is 7.12. The number of likely N-dealkylation sites (tertiary alicyclic amines) is 1. The van der Waals surface area contributed by atoms with E-state index in [2.05, 4.69) is 20.8 Å². The van der Waals surface area contributed by atoms with Gasteiger partial charge in [0.05, 0.1) is 11.9 Å². The molecule has 0 atom stereocenters. The van der Waals surface area contributed by atoms with Gasteiger partial charge in [0.15, 0.2) is 0 Å². The van der Waals surface area contributed by atoms with E-state index in [4.69, 9.17) is 0 Å².